The molecule has 90 valence electrons. The van der Waals surface area contributed by atoms with Crippen molar-refractivity contribution in [3.8, 4) is 0 Å². The molecule has 0 radical (unpaired) electrons. The molecule has 1 saturated carbocycles. The lowest BCUT2D eigenvalue weighted by Crippen LogP contribution is -2.43. The number of aromatic nitrogens is 1. The van der Waals surface area contributed by atoms with Gasteiger partial charge in [-0.15, -0.1) is 11.3 Å². The van der Waals surface area contributed by atoms with Crippen LogP contribution in [0.2, 0.25) is 0 Å². The van der Waals surface area contributed by atoms with Crippen molar-refractivity contribution in [1.82, 2.24) is 10.3 Å². The molecule has 0 saturated heterocycles. The first-order valence-electron chi connectivity index (χ1n) is 6.35. The highest BCUT2D eigenvalue weighted by Crippen LogP contribution is 2.41. The maximum atomic E-state index is 4.18. The summed E-state index contributed by atoms with van der Waals surface area (Å²) in [5.74, 6) is 0. The number of likely N-dealkylation sites (N-methyl/N-ethyl adjacent to an activating group) is 1. The van der Waals surface area contributed by atoms with Crippen LogP contribution in [0.1, 0.15) is 44.4 Å². The molecule has 2 rings (SSSR count). The van der Waals surface area contributed by atoms with Gasteiger partial charge in [0.2, 0.25) is 0 Å². The zero-order chi connectivity index (χ0) is 11.4. The lowest BCUT2D eigenvalue weighted by Gasteiger charge is -2.34. The van der Waals surface area contributed by atoms with Crippen LogP contribution >= 0.6 is 11.3 Å². The zero-order valence-electron chi connectivity index (χ0n) is 10.3. The fourth-order valence-corrected chi connectivity index (χ4v) is 3.53. The van der Waals surface area contributed by atoms with Gasteiger partial charge >= 0.3 is 0 Å². The highest BCUT2D eigenvalue weighted by molar-refractivity contribution is 7.09. The molecule has 1 aromatic rings. The Balaban J connectivity index is 2.04. The van der Waals surface area contributed by atoms with E-state index in [-0.39, 0.29) is 0 Å². The fraction of sp³-hybridized carbons (Fsp3) is 0.769. The molecule has 1 aliphatic carbocycles. The number of nitrogens with one attached hydrogen (secondary N) is 1. The Morgan fingerprint density at radius 1 is 1.50 bits per heavy atom. The molecule has 1 heterocycles. The monoisotopic (exact) mass is 238 g/mol. The van der Waals surface area contributed by atoms with Crippen LogP contribution in [-0.2, 0) is 6.42 Å². The normalized spacial score (nSPS) is 21.1. The fourth-order valence-electron chi connectivity index (χ4n) is 2.89. The van der Waals surface area contributed by atoms with Crippen molar-refractivity contribution in [3.63, 3.8) is 0 Å². The van der Waals surface area contributed by atoms with Crippen LogP contribution in [0.25, 0.3) is 0 Å². The molecule has 3 heteroatoms. The Morgan fingerprint density at radius 3 is 2.81 bits per heavy atom. The summed E-state index contributed by atoms with van der Waals surface area (Å²) in [6.45, 7) is 5.73. The van der Waals surface area contributed by atoms with Crippen LogP contribution in [0.4, 0.5) is 0 Å². The van der Waals surface area contributed by atoms with Crippen molar-refractivity contribution in [1.29, 1.82) is 0 Å². The number of nitrogens with zero attached hydrogens (tertiary/aromatic N) is 1. The average molecular weight is 238 g/mol. The molecular weight excluding hydrogens is 216 g/mol. The van der Waals surface area contributed by atoms with Gasteiger partial charge in [0.15, 0.2) is 0 Å². The number of rotatable bonds is 5. The molecular formula is C13H22N2S. The van der Waals surface area contributed by atoms with Crippen LogP contribution in [0.15, 0.2) is 11.7 Å². The van der Waals surface area contributed by atoms with E-state index in [0.29, 0.717) is 11.5 Å². The predicted molar refractivity (Wildman–Crippen MR) is 69.9 cm³/mol. The van der Waals surface area contributed by atoms with E-state index < -0.39 is 0 Å². The highest BCUT2D eigenvalue weighted by Gasteiger charge is 2.36. The van der Waals surface area contributed by atoms with Gasteiger partial charge in [-0.1, -0.05) is 26.7 Å². The molecule has 1 aliphatic rings. The number of hydrogen-bond acceptors (Lipinski definition) is 3. The second kappa shape index (κ2) is 5.28. The molecule has 16 heavy (non-hydrogen) atoms. The maximum Gasteiger partial charge on any atom is 0.0794 e. The van der Waals surface area contributed by atoms with E-state index in [2.05, 4.69) is 24.1 Å². The predicted octanol–water partition coefficient (Wildman–Crippen LogP) is 3.24. The average Bonchev–Trinajstić information content (AvgIpc) is 2.89. The molecule has 0 aliphatic heterocycles. The largest absolute Gasteiger partial charge is 0.313 e. The van der Waals surface area contributed by atoms with E-state index >= 15 is 0 Å². The van der Waals surface area contributed by atoms with Gasteiger partial charge < -0.3 is 5.32 Å². The molecule has 1 atom stereocenters. The Bertz CT molecular complexity index is 302. The maximum absolute atomic E-state index is 4.18. The van der Waals surface area contributed by atoms with E-state index in [1.165, 1.54) is 30.6 Å². The lowest BCUT2D eigenvalue weighted by atomic mass is 9.79. The Labute approximate surface area is 102 Å². The van der Waals surface area contributed by atoms with Crippen LogP contribution in [0, 0.1) is 5.41 Å². The van der Waals surface area contributed by atoms with Gasteiger partial charge in [0.25, 0.3) is 0 Å². The first kappa shape index (κ1) is 12.1. The molecule has 0 spiro atoms. The molecule has 0 aromatic carbocycles. The van der Waals surface area contributed by atoms with E-state index in [1.54, 1.807) is 11.3 Å². The third-order valence-electron chi connectivity index (χ3n) is 3.93. The van der Waals surface area contributed by atoms with E-state index in [0.717, 1.165) is 13.0 Å². The Hall–Kier alpha value is -0.410. The minimum absolute atomic E-state index is 0.500. The van der Waals surface area contributed by atoms with Crippen molar-refractivity contribution in [3.05, 3.63) is 16.6 Å². The lowest BCUT2D eigenvalue weighted by molar-refractivity contribution is 0.223. The van der Waals surface area contributed by atoms with E-state index in [1.807, 2.05) is 11.7 Å². The quantitative estimate of drug-likeness (QED) is 0.852. The van der Waals surface area contributed by atoms with Crippen molar-refractivity contribution in [2.45, 2.75) is 52.0 Å². The summed E-state index contributed by atoms with van der Waals surface area (Å²) in [7, 11) is 0. The van der Waals surface area contributed by atoms with Gasteiger partial charge in [-0.25, -0.2) is 0 Å². The van der Waals surface area contributed by atoms with Crippen molar-refractivity contribution < 1.29 is 0 Å². The number of thiazole rings is 1. The first-order chi connectivity index (χ1) is 7.74. The third kappa shape index (κ3) is 2.64. The summed E-state index contributed by atoms with van der Waals surface area (Å²) in [6, 6.07) is 0.625. The summed E-state index contributed by atoms with van der Waals surface area (Å²) in [4.78, 5) is 5.59. The molecule has 1 aromatic heterocycles. The summed E-state index contributed by atoms with van der Waals surface area (Å²) < 4.78 is 0. The Morgan fingerprint density at radius 2 is 2.25 bits per heavy atom. The summed E-state index contributed by atoms with van der Waals surface area (Å²) in [5, 5.41) is 3.68. The minimum atomic E-state index is 0.500. The van der Waals surface area contributed by atoms with Crippen molar-refractivity contribution in [2.75, 3.05) is 6.54 Å². The molecule has 1 unspecified atom stereocenters. The van der Waals surface area contributed by atoms with Crippen molar-refractivity contribution in [2.24, 2.45) is 5.41 Å². The zero-order valence-corrected chi connectivity index (χ0v) is 11.1. The SMILES string of the molecule is CCNC(Cc1cncs1)C1(C)CCCC1. The van der Waals surface area contributed by atoms with E-state index in [9.17, 15) is 0 Å². The van der Waals surface area contributed by atoms with Crippen LogP contribution in [0.3, 0.4) is 0 Å². The standard InChI is InChI=1S/C13H22N2S/c1-3-15-12(8-11-9-14-10-16-11)13(2)6-4-5-7-13/h9-10,12,15H,3-8H2,1-2H3. The van der Waals surface area contributed by atoms with Gasteiger partial charge in [0.1, 0.15) is 0 Å². The molecule has 0 amide bonds. The third-order valence-corrected chi connectivity index (χ3v) is 4.73. The Kier molecular flexibility index (Phi) is 3.98. The highest BCUT2D eigenvalue weighted by atomic mass is 32.1. The van der Waals surface area contributed by atoms with E-state index in [4.69, 9.17) is 0 Å². The van der Waals surface area contributed by atoms with Crippen LogP contribution in [-0.4, -0.2) is 17.6 Å². The second-order valence-electron chi connectivity index (χ2n) is 5.14. The summed E-state index contributed by atoms with van der Waals surface area (Å²) >= 11 is 1.78. The second-order valence-corrected chi connectivity index (χ2v) is 6.11. The van der Waals surface area contributed by atoms with Gasteiger partial charge in [-0.05, 0) is 31.2 Å². The van der Waals surface area contributed by atoms with Gasteiger partial charge in [-0.3, -0.25) is 4.98 Å². The molecule has 2 nitrogen and oxygen atoms in total. The van der Waals surface area contributed by atoms with Gasteiger partial charge in [0, 0.05) is 17.1 Å². The van der Waals surface area contributed by atoms with Crippen LogP contribution in [0.5, 0.6) is 0 Å². The summed E-state index contributed by atoms with van der Waals surface area (Å²) in [5.41, 5.74) is 2.44. The van der Waals surface area contributed by atoms with Crippen molar-refractivity contribution >= 4 is 11.3 Å². The topological polar surface area (TPSA) is 24.9 Å². The number of hydrogen-bond donors (Lipinski definition) is 1. The first-order valence-corrected chi connectivity index (χ1v) is 7.23. The smallest absolute Gasteiger partial charge is 0.0794 e. The summed E-state index contributed by atoms with van der Waals surface area (Å²) in [6.07, 6.45) is 8.73. The molecule has 1 N–H and O–H groups in total. The van der Waals surface area contributed by atoms with Gasteiger partial charge in [-0.2, -0.15) is 0 Å². The van der Waals surface area contributed by atoms with Gasteiger partial charge in [0.05, 0.1) is 5.51 Å². The minimum Gasteiger partial charge on any atom is -0.313 e. The molecule has 1 fully saturated rings. The molecule has 0 bridgehead atoms. The van der Waals surface area contributed by atoms with Crippen LogP contribution < -0.4 is 5.32 Å².